The number of rotatable bonds is 4. The van der Waals surface area contributed by atoms with Gasteiger partial charge >= 0.3 is 0 Å². The number of hydrogen-bond acceptors (Lipinski definition) is 3. The van der Waals surface area contributed by atoms with Gasteiger partial charge in [-0.3, -0.25) is 4.79 Å². The average Bonchev–Trinajstić information content (AvgIpc) is 3.11. The Balaban J connectivity index is 1.77. The van der Waals surface area contributed by atoms with E-state index >= 15 is 0 Å². The van der Waals surface area contributed by atoms with Gasteiger partial charge < -0.3 is 9.80 Å². The van der Waals surface area contributed by atoms with E-state index in [9.17, 15) is 4.79 Å². The Kier molecular flexibility index (Phi) is 3.64. The summed E-state index contributed by atoms with van der Waals surface area (Å²) in [6.45, 7) is 0.913. The standard InChI is InChI=1S/C16H23N3O/c1-18(2)15-11-13(7-8-17-15)14-4-3-9-19(14)16(20)10-12-5-6-12/h7-8,11-12,14H,3-6,9-10H2,1-2H3/t14-/m1/s1. The lowest BCUT2D eigenvalue weighted by Crippen LogP contribution is -2.30. The molecule has 1 saturated heterocycles. The Morgan fingerprint density at radius 3 is 2.90 bits per heavy atom. The molecule has 0 aromatic carbocycles. The van der Waals surface area contributed by atoms with E-state index in [0.717, 1.165) is 31.6 Å². The third-order valence-electron chi connectivity index (χ3n) is 4.35. The van der Waals surface area contributed by atoms with Crippen molar-refractivity contribution in [3.05, 3.63) is 23.9 Å². The Morgan fingerprint density at radius 2 is 2.20 bits per heavy atom. The van der Waals surface area contributed by atoms with E-state index < -0.39 is 0 Å². The zero-order valence-electron chi connectivity index (χ0n) is 12.4. The quantitative estimate of drug-likeness (QED) is 0.846. The smallest absolute Gasteiger partial charge is 0.223 e. The maximum atomic E-state index is 12.4. The van der Waals surface area contributed by atoms with Crippen LogP contribution in [-0.4, -0.2) is 36.4 Å². The molecule has 1 amide bonds. The molecule has 2 aliphatic rings. The lowest BCUT2D eigenvalue weighted by Gasteiger charge is -2.26. The predicted octanol–water partition coefficient (Wildman–Crippen LogP) is 2.61. The fraction of sp³-hybridized carbons (Fsp3) is 0.625. The summed E-state index contributed by atoms with van der Waals surface area (Å²) in [5.41, 5.74) is 1.23. The van der Waals surface area contributed by atoms with E-state index in [-0.39, 0.29) is 6.04 Å². The third kappa shape index (κ3) is 2.79. The molecule has 1 aromatic rings. The summed E-state index contributed by atoms with van der Waals surface area (Å²) < 4.78 is 0. The van der Waals surface area contributed by atoms with Gasteiger partial charge in [-0.2, -0.15) is 0 Å². The first-order valence-electron chi connectivity index (χ1n) is 7.58. The number of aromatic nitrogens is 1. The molecule has 1 aromatic heterocycles. The zero-order chi connectivity index (χ0) is 14.1. The minimum atomic E-state index is 0.253. The maximum absolute atomic E-state index is 12.4. The molecule has 0 spiro atoms. The lowest BCUT2D eigenvalue weighted by atomic mass is 10.1. The van der Waals surface area contributed by atoms with Crippen molar-refractivity contribution in [1.82, 2.24) is 9.88 Å². The van der Waals surface area contributed by atoms with E-state index in [0.29, 0.717) is 11.8 Å². The molecule has 108 valence electrons. The molecule has 1 aliphatic heterocycles. The van der Waals surface area contributed by atoms with Crippen LogP contribution >= 0.6 is 0 Å². The SMILES string of the molecule is CN(C)c1cc([C@H]2CCCN2C(=O)CC2CC2)ccn1. The number of hydrogen-bond donors (Lipinski definition) is 0. The van der Waals surface area contributed by atoms with Crippen LogP contribution in [0.4, 0.5) is 5.82 Å². The monoisotopic (exact) mass is 273 g/mol. The molecule has 2 fully saturated rings. The summed E-state index contributed by atoms with van der Waals surface area (Å²) >= 11 is 0. The van der Waals surface area contributed by atoms with Gasteiger partial charge in [0.05, 0.1) is 6.04 Å². The summed E-state index contributed by atoms with van der Waals surface area (Å²) in [6.07, 6.45) is 7.27. The van der Waals surface area contributed by atoms with Crippen LogP contribution in [-0.2, 0) is 4.79 Å². The highest BCUT2D eigenvalue weighted by molar-refractivity contribution is 5.77. The fourth-order valence-corrected chi connectivity index (χ4v) is 2.98. The highest BCUT2D eigenvalue weighted by atomic mass is 16.2. The van der Waals surface area contributed by atoms with Crippen molar-refractivity contribution >= 4 is 11.7 Å². The fourth-order valence-electron chi connectivity index (χ4n) is 2.98. The topological polar surface area (TPSA) is 36.4 Å². The van der Waals surface area contributed by atoms with Crippen LogP contribution in [0.1, 0.15) is 43.7 Å². The van der Waals surface area contributed by atoms with Crippen LogP contribution < -0.4 is 4.90 Å². The first-order chi connectivity index (χ1) is 9.65. The predicted molar refractivity (Wildman–Crippen MR) is 79.6 cm³/mol. The summed E-state index contributed by atoms with van der Waals surface area (Å²) in [5, 5.41) is 0. The van der Waals surface area contributed by atoms with Gasteiger partial charge in [0.25, 0.3) is 0 Å². The normalized spacial score (nSPS) is 22.1. The second kappa shape index (κ2) is 5.43. The molecule has 1 saturated carbocycles. The van der Waals surface area contributed by atoms with Crippen LogP contribution in [0, 0.1) is 5.92 Å². The molecule has 1 aliphatic carbocycles. The molecular weight excluding hydrogens is 250 g/mol. The van der Waals surface area contributed by atoms with Crippen LogP contribution in [0.3, 0.4) is 0 Å². The van der Waals surface area contributed by atoms with Gasteiger partial charge in [0.15, 0.2) is 0 Å². The number of nitrogens with zero attached hydrogens (tertiary/aromatic N) is 3. The van der Waals surface area contributed by atoms with Crippen molar-refractivity contribution in [1.29, 1.82) is 0 Å². The van der Waals surface area contributed by atoms with E-state index in [2.05, 4.69) is 22.0 Å². The van der Waals surface area contributed by atoms with Crippen LogP contribution in [0.25, 0.3) is 0 Å². The van der Waals surface area contributed by atoms with E-state index in [1.807, 2.05) is 25.2 Å². The highest BCUT2D eigenvalue weighted by Crippen LogP contribution is 2.37. The van der Waals surface area contributed by atoms with Crippen LogP contribution in [0.5, 0.6) is 0 Å². The van der Waals surface area contributed by atoms with Gasteiger partial charge in [-0.25, -0.2) is 4.98 Å². The molecule has 0 N–H and O–H groups in total. The first-order valence-corrected chi connectivity index (χ1v) is 7.58. The summed E-state index contributed by atoms with van der Waals surface area (Å²) in [4.78, 5) is 20.9. The molecular formula is C16H23N3O. The number of anilines is 1. The number of pyridine rings is 1. The molecule has 4 nitrogen and oxygen atoms in total. The highest BCUT2D eigenvalue weighted by Gasteiger charge is 2.33. The minimum absolute atomic E-state index is 0.253. The Bertz CT molecular complexity index is 496. The van der Waals surface area contributed by atoms with Crippen LogP contribution in [0.15, 0.2) is 18.3 Å². The molecule has 0 bridgehead atoms. The Morgan fingerprint density at radius 1 is 1.40 bits per heavy atom. The summed E-state index contributed by atoms with van der Waals surface area (Å²) in [7, 11) is 3.99. The summed E-state index contributed by atoms with van der Waals surface area (Å²) in [6, 6.07) is 4.43. The van der Waals surface area contributed by atoms with E-state index in [1.54, 1.807) is 0 Å². The van der Waals surface area contributed by atoms with Gasteiger partial charge in [-0.15, -0.1) is 0 Å². The van der Waals surface area contributed by atoms with E-state index in [4.69, 9.17) is 0 Å². The molecule has 2 heterocycles. The molecule has 0 radical (unpaired) electrons. The van der Waals surface area contributed by atoms with E-state index in [1.165, 1.54) is 18.4 Å². The molecule has 1 atom stereocenters. The van der Waals surface area contributed by atoms with Gasteiger partial charge in [-0.05, 0) is 49.3 Å². The average molecular weight is 273 g/mol. The maximum Gasteiger partial charge on any atom is 0.223 e. The number of carbonyl (C=O) groups excluding carboxylic acids is 1. The molecule has 3 rings (SSSR count). The first kappa shape index (κ1) is 13.4. The second-order valence-electron chi connectivity index (χ2n) is 6.23. The van der Waals surface area contributed by atoms with Crippen molar-refractivity contribution in [3.8, 4) is 0 Å². The van der Waals surface area contributed by atoms with Gasteiger partial charge in [-0.1, -0.05) is 0 Å². The Hall–Kier alpha value is -1.58. The zero-order valence-corrected chi connectivity index (χ0v) is 12.4. The van der Waals surface area contributed by atoms with Crippen molar-refractivity contribution in [2.75, 3.05) is 25.5 Å². The number of likely N-dealkylation sites (tertiary alicyclic amines) is 1. The molecule has 0 unspecified atom stereocenters. The Labute approximate surface area is 120 Å². The van der Waals surface area contributed by atoms with Crippen molar-refractivity contribution in [2.45, 2.75) is 38.1 Å². The van der Waals surface area contributed by atoms with Crippen molar-refractivity contribution in [3.63, 3.8) is 0 Å². The van der Waals surface area contributed by atoms with Crippen molar-refractivity contribution in [2.24, 2.45) is 5.92 Å². The van der Waals surface area contributed by atoms with Gasteiger partial charge in [0, 0.05) is 33.3 Å². The largest absolute Gasteiger partial charge is 0.363 e. The van der Waals surface area contributed by atoms with Crippen LogP contribution in [0.2, 0.25) is 0 Å². The van der Waals surface area contributed by atoms with Gasteiger partial charge in [0.2, 0.25) is 5.91 Å². The number of carbonyl (C=O) groups is 1. The van der Waals surface area contributed by atoms with Gasteiger partial charge in [0.1, 0.15) is 5.82 Å². The minimum Gasteiger partial charge on any atom is -0.363 e. The molecule has 4 heteroatoms. The molecule has 20 heavy (non-hydrogen) atoms. The third-order valence-corrected chi connectivity index (χ3v) is 4.35. The van der Waals surface area contributed by atoms with Crippen molar-refractivity contribution < 1.29 is 4.79 Å². The number of amides is 1. The second-order valence-corrected chi connectivity index (χ2v) is 6.23. The lowest BCUT2D eigenvalue weighted by molar-refractivity contribution is -0.132. The summed E-state index contributed by atoms with van der Waals surface area (Å²) in [5.74, 6) is 1.97.